The van der Waals surface area contributed by atoms with Gasteiger partial charge in [0.15, 0.2) is 0 Å². The van der Waals surface area contributed by atoms with Crippen molar-refractivity contribution in [2.45, 2.75) is 70.9 Å². The number of rotatable bonds is 5. The van der Waals surface area contributed by atoms with E-state index in [-0.39, 0.29) is 10.1 Å². The number of hydrogen-bond acceptors (Lipinski definition) is 2. The highest BCUT2D eigenvalue weighted by Crippen LogP contribution is 2.50. The molecule has 0 unspecified atom stereocenters. The van der Waals surface area contributed by atoms with E-state index in [4.69, 9.17) is 4.43 Å². The first-order valence-electron chi connectivity index (χ1n) is 10.1. The van der Waals surface area contributed by atoms with Crippen molar-refractivity contribution in [1.82, 2.24) is 0 Å². The number of aryl methyl sites for hydroxylation is 1. The monoisotopic (exact) mass is 394 g/mol. The van der Waals surface area contributed by atoms with Gasteiger partial charge in [-0.25, -0.2) is 0 Å². The van der Waals surface area contributed by atoms with E-state index in [0.29, 0.717) is 5.75 Å². The zero-order valence-electron chi connectivity index (χ0n) is 18.2. The number of benzene rings is 2. The molecule has 28 heavy (non-hydrogen) atoms. The van der Waals surface area contributed by atoms with Gasteiger partial charge in [0.1, 0.15) is 5.75 Å². The zero-order valence-corrected chi connectivity index (χ0v) is 19.2. The summed E-state index contributed by atoms with van der Waals surface area (Å²) in [6.07, 6.45) is 2.90. The summed E-state index contributed by atoms with van der Waals surface area (Å²) in [6.45, 7) is 12.3. The van der Waals surface area contributed by atoms with Gasteiger partial charge in [-0.3, -0.25) is 0 Å². The van der Waals surface area contributed by atoms with Gasteiger partial charge in [0.05, 0.1) is 5.56 Å². The van der Waals surface area contributed by atoms with Gasteiger partial charge in [0.25, 0.3) is 0 Å². The number of para-hydroxylation sites is 1. The summed E-state index contributed by atoms with van der Waals surface area (Å²) in [5.41, 5.74) is 2.20. The van der Waals surface area contributed by atoms with Crippen LogP contribution in [0.2, 0.25) is 10.1 Å². The summed E-state index contributed by atoms with van der Waals surface area (Å²) >= 11 is 0. The molecule has 0 amide bonds. The molecule has 2 aromatic rings. The molecule has 0 saturated heterocycles. The van der Waals surface area contributed by atoms with Gasteiger partial charge in [-0.15, -0.1) is 0 Å². The molecule has 150 valence electrons. The topological polar surface area (TPSA) is 29.5 Å². The molecule has 0 aliphatic heterocycles. The van der Waals surface area contributed by atoms with Crippen LogP contribution in [0.5, 0.6) is 5.75 Å². The van der Waals surface area contributed by atoms with Crippen LogP contribution < -0.4 is 4.43 Å². The Morgan fingerprint density at radius 1 is 0.857 bits per heavy atom. The molecule has 0 aliphatic rings. The van der Waals surface area contributed by atoms with Crippen LogP contribution in [-0.4, -0.2) is 13.4 Å². The van der Waals surface area contributed by atoms with E-state index in [1.54, 1.807) is 0 Å². The lowest BCUT2D eigenvalue weighted by Crippen LogP contribution is -2.57. The minimum atomic E-state index is -3.09. The van der Waals surface area contributed by atoms with Gasteiger partial charge in [0, 0.05) is 16.5 Å². The Balaban J connectivity index is 2.13. The molecule has 0 spiro atoms. The van der Waals surface area contributed by atoms with Crippen molar-refractivity contribution < 1.29 is 9.22 Å². The van der Waals surface area contributed by atoms with E-state index in [2.05, 4.69) is 77.6 Å². The van der Waals surface area contributed by atoms with Crippen molar-refractivity contribution >= 4 is 8.56 Å². The molecule has 0 aromatic heterocycles. The van der Waals surface area contributed by atoms with Crippen molar-refractivity contribution in [3.05, 3.63) is 65.7 Å². The SMILES string of the molecule is CC(C)(C)[Si](O)(Oc1ccccc1C#CCCCc1ccccc1)C(C)(C)C. The molecule has 0 aliphatic carbocycles. The van der Waals surface area contributed by atoms with Crippen molar-refractivity contribution in [3.8, 4) is 17.6 Å². The molecule has 0 radical (unpaired) electrons. The Hall–Kier alpha value is -2.02. The second-order valence-electron chi connectivity index (χ2n) is 9.38. The highest BCUT2D eigenvalue weighted by Gasteiger charge is 2.57. The van der Waals surface area contributed by atoms with Gasteiger partial charge in [-0.2, -0.15) is 0 Å². The zero-order chi connectivity index (χ0) is 20.8. The lowest BCUT2D eigenvalue weighted by molar-refractivity contribution is 0.283. The normalized spacial score (nSPS) is 12.2. The van der Waals surface area contributed by atoms with Crippen molar-refractivity contribution in [2.75, 3.05) is 0 Å². The smallest absolute Gasteiger partial charge is 0.407 e. The Bertz CT molecular complexity index is 803. The molecule has 0 fully saturated rings. The summed E-state index contributed by atoms with van der Waals surface area (Å²) < 4.78 is 6.38. The first-order valence-corrected chi connectivity index (χ1v) is 11.9. The van der Waals surface area contributed by atoms with Crippen LogP contribution in [0.4, 0.5) is 0 Å². The molecule has 0 heterocycles. The fourth-order valence-electron chi connectivity index (χ4n) is 3.43. The Morgan fingerprint density at radius 3 is 2.04 bits per heavy atom. The maximum Gasteiger partial charge on any atom is 0.407 e. The highest BCUT2D eigenvalue weighted by molar-refractivity contribution is 6.72. The van der Waals surface area contributed by atoms with E-state index in [9.17, 15) is 4.80 Å². The van der Waals surface area contributed by atoms with Crippen LogP contribution in [0.25, 0.3) is 0 Å². The van der Waals surface area contributed by atoms with Gasteiger partial charge < -0.3 is 9.22 Å². The summed E-state index contributed by atoms with van der Waals surface area (Å²) in [7, 11) is -3.09. The standard InChI is InChI=1S/C25H34O2Si/c1-24(2,3)28(26,25(4,5)6)27-23-20-14-13-19-22(23)18-12-8-11-17-21-15-9-7-10-16-21/h7,9-10,13-16,19-20,26H,8,11,17H2,1-6H3. The fraction of sp³-hybridized carbons (Fsp3) is 0.440. The predicted octanol–water partition coefficient (Wildman–Crippen LogP) is 6.47. The second-order valence-corrected chi connectivity index (χ2v) is 13.9. The molecular weight excluding hydrogens is 360 g/mol. The third kappa shape index (κ3) is 5.50. The molecule has 2 aromatic carbocycles. The molecule has 0 bridgehead atoms. The number of unbranched alkanes of at least 4 members (excludes halogenated alkanes) is 1. The fourth-order valence-corrected chi connectivity index (χ4v) is 6.79. The van der Waals surface area contributed by atoms with E-state index in [0.717, 1.165) is 24.8 Å². The summed E-state index contributed by atoms with van der Waals surface area (Å²) in [5.74, 6) is 7.23. The second kappa shape index (κ2) is 8.98. The predicted molar refractivity (Wildman–Crippen MR) is 121 cm³/mol. The molecular formula is C25H34O2Si. The van der Waals surface area contributed by atoms with Crippen LogP contribution in [0.1, 0.15) is 65.5 Å². The maximum absolute atomic E-state index is 11.6. The van der Waals surface area contributed by atoms with Crippen molar-refractivity contribution in [3.63, 3.8) is 0 Å². The Labute approximate surface area is 172 Å². The quantitative estimate of drug-likeness (QED) is 0.357. The van der Waals surface area contributed by atoms with E-state index in [1.165, 1.54) is 5.56 Å². The first kappa shape index (κ1) is 22.3. The van der Waals surface area contributed by atoms with Crippen LogP contribution in [-0.2, 0) is 6.42 Å². The minimum absolute atomic E-state index is 0.318. The lowest BCUT2D eigenvalue weighted by Gasteiger charge is -2.45. The van der Waals surface area contributed by atoms with Crippen LogP contribution >= 0.6 is 0 Å². The first-order chi connectivity index (χ1) is 13.0. The van der Waals surface area contributed by atoms with Crippen LogP contribution in [0, 0.1) is 11.8 Å². The minimum Gasteiger partial charge on any atom is -0.518 e. The van der Waals surface area contributed by atoms with Crippen molar-refractivity contribution in [2.24, 2.45) is 0 Å². The van der Waals surface area contributed by atoms with Gasteiger partial charge in [-0.1, -0.05) is 95.8 Å². The molecule has 1 N–H and O–H groups in total. The van der Waals surface area contributed by atoms with E-state index < -0.39 is 8.56 Å². The van der Waals surface area contributed by atoms with Gasteiger partial charge >= 0.3 is 8.56 Å². The molecule has 0 atom stereocenters. The van der Waals surface area contributed by atoms with E-state index >= 15 is 0 Å². The largest absolute Gasteiger partial charge is 0.518 e. The molecule has 0 saturated carbocycles. The number of hydrogen-bond donors (Lipinski definition) is 1. The van der Waals surface area contributed by atoms with Gasteiger partial charge in [-0.05, 0) is 30.5 Å². The summed E-state index contributed by atoms with van der Waals surface area (Å²) in [4.78, 5) is 11.6. The summed E-state index contributed by atoms with van der Waals surface area (Å²) in [6, 6.07) is 18.3. The molecule has 2 rings (SSSR count). The maximum atomic E-state index is 11.6. The Morgan fingerprint density at radius 2 is 1.43 bits per heavy atom. The highest BCUT2D eigenvalue weighted by atomic mass is 28.4. The third-order valence-corrected chi connectivity index (χ3v) is 9.59. The van der Waals surface area contributed by atoms with Crippen molar-refractivity contribution in [1.29, 1.82) is 0 Å². The molecule has 2 nitrogen and oxygen atoms in total. The van der Waals surface area contributed by atoms with Crippen LogP contribution in [0.15, 0.2) is 54.6 Å². The van der Waals surface area contributed by atoms with Crippen LogP contribution in [0.3, 0.4) is 0 Å². The Kier molecular flexibility index (Phi) is 7.15. The summed E-state index contributed by atoms with van der Waals surface area (Å²) in [5, 5.41) is -0.636. The molecule has 3 heteroatoms. The third-order valence-electron chi connectivity index (χ3n) is 5.01. The lowest BCUT2D eigenvalue weighted by atomic mass is 10.1. The average molecular weight is 395 g/mol. The van der Waals surface area contributed by atoms with E-state index in [1.807, 2.05) is 30.3 Å². The van der Waals surface area contributed by atoms with Gasteiger partial charge in [0.2, 0.25) is 0 Å². The average Bonchev–Trinajstić information content (AvgIpc) is 2.61.